The van der Waals surface area contributed by atoms with E-state index in [-0.39, 0.29) is 29.8 Å². The van der Waals surface area contributed by atoms with Crippen LogP contribution in [0.2, 0.25) is 0 Å². The summed E-state index contributed by atoms with van der Waals surface area (Å²) in [5, 5.41) is 10.9. The zero-order valence-corrected chi connectivity index (χ0v) is 18.9. The Kier molecular flexibility index (Phi) is 6.08. The lowest BCUT2D eigenvalue weighted by atomic mass is 9.93. The van der Waals surface area contributed by atoms with Crippen molar-refractivity contribution < 1.29 is 9.18 Å². The van der Waals surface area contributed by atoms with Gasteiger partial charge >= 0.3 is 0 Å². The average molecular weight is 456 g/mol. The number of rotatable bonds is 6. The molecule has 3 aromatic carbocycles. The number of aryl methyl sites for hydroxylation is 2. The highest BCUT2D eigenvalue weighted by Gasteiger charge is 2.31. The molecule has 0 fully saturated rings. The number of fused-ring (bicyclic) bond motifs is 1. The van der Waals surface area contributed by atoms with Gasteiger partial charge in [-0.3, -0.25) is 10.1 Å². The summed E-state index contributed by atoms with van der Waals surface area (Å²) < 4.78 is 15.4. The number of anilines is 2. The van der Waals surface area contributed by atoms with Gasteiger partial charge in [0.05, 0.1) is 12.1 Å². The number of hydrogen-bond acceptors (Lipinski definition) is 4. The molecule has 1 aliphatic rings. The van der Waals surface area contributed by atoms with E-state index in [4.69, 9.17) is 0 Å². The van der Waals surface area contributed by atoms with Gasteiger partial charge in [0.2, 0.25) is 11.9 Å². The summed E-state index contributed by atoms with van der Waals surface area (Å²) in [6, 6.07) is 24.6. The SMILES string of the molecule is Cc1ccc([C@H]2C[C@@H](c3ccc(F)cc3)n3nc(NC(=O)CCc4ccccc4)nc3N2)cc1. The first kappa shape index (κ1) is 21.8. The van der Waals surface area contributed by atoms with Gasteiger partial charge in [0, 0.05) is 6.42 Å². The molecule has 1 amide bonds. The van der Waals surface area contributed by atoms with Gasteiger partial charge in [0.15, 0.2) is 0 Å². The van der Waals surface area contributed by atoms with Crippen molar-refractivity contribution in [1.82, 2.24) is 14.8 Å². The molecule has 0 aliphatic carbocycles. The predicted octanol–water partition coefficient (Wildman–Crippen LogP) is 5.44. The number of carbonyl (C=O) groups is 1. The van der Waals surface area contributed by atoms with Crippen molar-refractivity contribution in [2.45, 2.75) is 38.3 Å². The van der Waals surface area contributed by atoms with Crippen molar-refractivity contribution in [3.05, 3.63) is 107 Å². The van der Waals surface area contributed by atoms with Crippen LogP contribution in [0.5, 0.6) is 0 Å². The van der Waals surface area contributed by atoms with Gasteiger partial charge in [-0.2, -0.15) is 4.98 Å². The molecular formula is C27H26FN5O. The third kappa shape index (κ3) is 4.83. The van der Waals surface area contributed by atoms with Crippen molar-refractivity contribution >= 4 is 17.8 Å². The van der Waals surface area contributed by atoms with Gasteiger partial charge in [-0.25, -0.2) is 9.07 Å². The second kappa shape index (κ2) is 9.47. The maximum atomic E-state index is 13.6. The highest BCUT2D eigenvalue weighted by molar-refractivity contribution is 5.89. The summed E-state index contributed by atoms with van der Waals surface area (Å²) in [5.41, 5.74) is 4.38. The average Bonchev–Trinajstić information content (AvgIpc) is 3.26. The number of halogens is 1. The fourth-order valence-electron chi connectivity index (χ4n) is 4.30. The number of benzene rings is 3. The van der Waals surface area contributed by atoms with Crippen molar-refractivity contribution in [2.24, 2.45) is 0 Å². The van der Waals surface area contributed by atoms with Crippen LogP contribution in [0.4, 0.5) is 16.3 Å². The number of nitrogens with one attached hydrogen (secondary N) is 2. The molecule has 2 heterocycles. The second-order valence-corrected chi connectivity index (χ2v) is 8.65. The van der Waals surface area contributed by atoms with Crippen LogP contribution in [0.1, 0.15) is 47.2 Å². The quantitative estimate of drug-likeness (QED) is 0.406. The number of nitrogens with zero attached hydrogens (tertiary/aromatic N) is 3. The smallest absolute Gasteiger partial charge is 0.250 e. The summed E-state index contributed by atoms with van der Waals surface area (Å²) in [7, 11) is 0. The van der Waals surface area contributed by atoms with E-state index < -0.39 is 0 Å². The minimum Gasteiger partial charge on any atom is -0.347 e. The van der Waals surface area contributed by atoms with Crippen LogP contribution in [0, 0.1) is 12.7 Å². The highest BCUT2D eigenvalue weighted by atomic mass is 19.1. The van der Waals surface area contributed by atoms with Crippen LogP contribution in [0.25, 0.3) is 0 Å². The maximum Gasteiger partial charge on any atom is 0.250 e. The molecule has 0 saturated heterocycles. The molecule has 5 rings (SSSR count). The Balaban J connectivity index is 1.38. The van der Waals surface area contributed by atoms with Crippen molar-refractivity contribution in [2.75, 3.05) is 10.6 Å². The van der Waals surface area contributed by atoms with E-state index in [1.165, 1.54) is 17.7 Å². The van der Waals surface area contributed by atoms with Crippen LogP contribution in [0.3, 0.4) is 0 Å². The Bertz CT molecular complexity index is 1270. The van der Waals surface area contributed by atoms with E-state index >= 15 is 0 Å². The summed E-state index contributed by atoms with van der Waals surface area (Å²) in [4.78, 5) is 17.1. The molecule has 1 aliphatic heterocycles. The Hall–Kier alpha value is -4.00. The lowest BCUT2D eigenvalue weighted by Gasteiger charge is -2.31. The fraction of sp³-hybridized carbons (Fsp3) is 0.222. The number of carbonyl (C=O) groups excluding carboxylic acids is 1. The molecule has 6 nitrogen and oxygen atoms in total. The molecule has 0 saturated carbocycles. The van der Waals surface area contributed by atoms with Gasteiger partial charge in [0.25, 0.3) is 5.95 Å². The van der Waals surface area contributed by atoms with Crippen LogP contribution in [-0.4, -0.2) is 20.7 Å². The number of hydrogen-bond donors (Lipinski definition) is 2. The predicted molar refractivity (Wildman–Crippen MR) is 130 cm³/mol. The fourth-order valence-corrected chi connectivity index (χ4v) is 4.30. The molecule has 4 aromatic rings. The third-order valence-electron chi connectivity index (χ3n) is 6.16. The highest BCUT2D eigenvalue weighted by Crippen LogP contribution is 2.38. The summed E-state index contributed by atoms with van der Waals surface area (Å²) in [5.74, 6) is 0.417. The van der Waals surface area contributed by atoms with Crippen LogP contribution >= 0.6 is 0 Å². The van der Waals surface area contributed by atoms with Crippen molar-refractivity contribution in [3.63, 3.8) is 0 Å². The number of aromatic nitrogens is 3. The lowest BCUT2D eigenvalue weighted by Crippen LogP contribution is -2.28. The third-order valence-corrected chi connectivity index (χ3v) is 6.16. The Morgan fingerprint density at radius 1 is 1.03 bits per heavy atom. The summed E-state index contributed by atoms with van der Waals surface area (Å²) >= 11 is 0. The van der Waals surface area contributed by atoms with Crippen molar-refractivity contribution in [1.29, 1.82) is 0 Å². The van der Waals surface area contributed by atoms with E-state index in [0.29, 0.717) is 25.2 Å². The van der Waals surface area contributed by atoms with E-state index in [2.05, 4.69) is 51.9 Å². The normalized spacial score (nSPS) is 17.0. The van der Waals surface area contributed by atoms with Gasteiger partial charge in [0.1, 0.15) is 5.82 Å². The van der Waals surface area contributed by atoms with Crippen molar-refractivity contribution in [3.8, 4) is 0 Å². The minimum absolute atomic E-state index is 0.00832. The van der Waals surface area contributed by atoms with Crippen LogP contribution < -0.4 is 10.6 Å². The molecular weight excluding hydrogens is 429 g/mol. The zero-order chi connectivity index (χ0) is 23.5. The standard InChI is InChI=1S/C27H26FN5O/c1-18-7-10-20(11-8-18)23-17-24(21-12-14-22(28)15-13-21)33-27(29-23)31-26(32-33)30-25(34)16-9-19-5-3-2-4-6-19/h2-8,10-15,23-24H,9,16-17H2,1H3,(H2,29,30,31,32,34)/t23-,24+/m1/s1. The van der Waals surface area contributed by atoms with E-state index in [0.717, 1.165) is 16.7 Å². The molecule has 0 spiro atoms. The van der Waals surface area contributed by atoms with Crippen LogP contribution in [0.15, 0.2) is 78.9 Å². The first-order valence-corrected chi connectivity index (χ1v) is 11.4. The largest absolute Gasteiger partial charge is 0.347 e. The van der Waals surface area contributed by atoms with Crippen LogP contribution in [-0.2, 0) is 11.2 Å². The van der Waals surface area contributed by atoms with E-state index in [1.54, 1.807) is 16.8 Å². The Morgan fingerprint density at radius 3 is 2.47 bits per heavy atom. The van der Waals surface area contributed by atoms with Gasteiger partial charge in [-0.05, 0) is 48.6 Å². The van der Waals surface area contributed by atoms with Gasteiger partial charge in [-0.15, -0.1) is 5.10 Å². The van der Waals surface area contributed by atoms with Gasteiger partial charge in [-0.1, -0.05) is 72.3 Å². The molecule has 0 radical (unpaired) electrons. The molecule has 34 heavy (non-hydrogen) atoms. The molecule has 2 N–H and O–H groups in total. The summed E-state index contributed by atoms with van der Waals surface area (Å²) in [6.45, 7) is 2.06. The number of amides is 1. The first-order chi connectivity index (χ1) is 16.5. The van der Waals surface area contributed by atoms with E-state index in [9.17, 15) is 9.18 Å². The molecule has 0 bridgehead atoms. The van der Waals surface area contributed by atoms with E-state index in [1.807, 2.05) is 30.3 Å². The second-order valence-electron chi connectivity index (χ2n) is 8.65. The van der Waals surface area contributed by atoms with Gasteiger partial charge < -0.3 is 5.32 Å². The molecule has 0 unspecified atom stereocenters. The minimum atomic E-state index is -0.280. The Labute approximate surface area is 197 Å². The first-order valence-electron chi connectivity index (χ1n) is 11.4. The molecule has 1 aromatic heterocycles. The summed E-state index contributed by atoms with van der Waals surface area (Å²) in [6.07, 6.45) is 1.70. The molecule has 7 heteroatoms. The zero-order valence-electron chi connectivity index (χ0n) is 18.9. The Morgan fingerprint density at radius 2 is 1.74 bits per heavy atom. The lowest BCUT2D eigenvalue weighted by molar-refractivity contribution is -0.116. The topological polar surface area (TPSA) is 71.8 Å². The molecule has 2 atom stereocenters. The maximum absolute atomic E-state index is 13.6. The monoisotopic (exact) mass is 455 g/mol. The molecule has 172 valence electrons.